The van der Waals surface area contributed by atoms with Crippen LogP contribution in [0.4, 0.5) is 10.2 Å². The second kappa shape index (κ2) is 11.5. The lowest BCUT2D eigenvalue weighted by molar-refractivity contribution is 0.0925. The van der Waals surface area contributed by atoms with Crippen molar-refractivity contribution in [3.8, 4) is 11.3 Å². The smallest absolute Gasteiger partial charge is 0.253 e. The number of aromatic nitrogens is 2. The number of pyridine rings is 2. The van der Waals surface area contributed by atoms with Gasteiger partial charge in [-0.1, -0.05) is 12.1 Å². The van der Waals surface area contributed by atoms with E-state index >= 15 is 0 Å². The molecule has 0 atom stereocenters. The molecule has 9 heteroatoms. The Labute approximate surface area is 203 Å². The zero-order valence-electron chi connectivity index (χ0n) is 19.5. The Hall–Kier alpha value is -3.85. The van der Waals surface area contributed by atoms with Crippen LogP contribution in [-0.2, 0) is 4.74 Å². The van der Waals surface area contributed by atoms with Gasteiger partial charge in [-0.15, -0.1) is 0 Å². The highest BCUT2D eigenvalue weighted by molar-refractivity contribution is 5.94. The van der Waals surface area contributed by atoms with Crippen LogP contribution in [0, 0.1) is 5.82 Å². The van der Waals surface area contributed by atoms with Gasteiger partial charge in [-0.3, -0.25) is 14.6 Å². The van der Waals surface area contributed by atoms with E-state index in [-0.39, 0.29) is 23.7 Å². The molecule has 0 saturated carbocycles. The van der Waals surface area contributed by atoms with E-state index in [1.165, 1.54) is 18.3 Å². The summed E-state index contributed by atoms with van der Waals surface area (Å²) in [4.78, 5) is 35.7. The van der Waals surface area contributed by atoms with E-state index in [0.29, 0.717) is 35.5 Å². The highest BCUT2D eigenvalue weighted by atomic mass is 19.1. The normalized spacial score (nSPS) is 13.9. The first-order valence-corrected chi connectivity index (χ1v) is 11.5. The van der Waals surface area contributed by atoms with Crippen molar-refractivity contribution < 1.29 is 18.7 Å². The number of carbonyl (C=O) groups excluding carboxylic acids is 2. The number of benzene rings is 1. The molecule has 2 amide bonds. The van der Waals surface area contributed by atoms with Crippen molar-refractivity contribution in [3.05, 3.63) is 77.9 Å². The van der Waals surface area contributed by atoms with Gasteiger partial charge in [0.15, 0.2) is 0 Å². The molecule has 1 aliphatic heterocycles. The fraction of sp³-hybridized carbons (Fsp3) is 0.308. The number of nitrogens with zero attached hydrogens (tertiary/aromatic N) is 3. The molecule has 35 heavy (non-hydrogen) atoms. The first kappa shape index (κ1) is 24.3. The zero-order chi connectivity index (χ0) is 24.6. The molecule has 2 N–H and O–H groups in total. The molecular formula is C26H28FN5O3. The maximum absolute atomic E-state index is 13.4. The molecule has 0 aliphatic carbocycles. The number of halogens is 1. The Balaban J connectivity index is 1.26. The Morgan fingerprint density at radius 1 is 1.03 bits per heavy atom. The third-order valence-electron chi connectivity index (χ3n) is 5.90. The average molecular weight is 478 g/mol. The van der Waals surface area contributed by atoms with Gasteiger partial charge in [0.1, 0.15) is 11.6 Å². The van der Waals surface area contributed by atoms with Gasteiger partial charge < -0.3 is 20.3 Å². The fourth-order valence-corrected chi connectivity index (χ4v) is 3.94. The molecule has 182 valence electrons. The topological polar surface area (TPSA) is 96.5 Å². The zero-order valence-corrected chi connectivity index (χ0v) is 19.5. The van der Waals surface area contributed by atoms with Crippen molar-refractivity contribution in [2.24, 2.45) is 0 Å². The van der Waals surface area contributed by atoms with Crippen LogP contribution >= 0.6 is 0 Å². The summed E-state index contributed by atoms with van der Waals surface area (Å²) in [5, 5.41) is 5.85. The van der Waals surface area contributed by atoms with Crippen LogP contribution in [0.25, 0.3) is 11.3 Å². The number of anilines is 1. The largest absolute Gasteiger partial charge is 0.383 e. The summed E-state index contributed by atoms with van der Waals surface area (Å²) in [6.45, 7) is 2.39. The highest BCUT2D eigenvalue weighted by Gasteiger charge is 2.22. The quantitative estimate of drug-likeness (QED) is 0.484. The number of nitrogens with one attached hydrogen (secondary N) is 2. The van der Waals surface area contributed by atoms with E-state index in [4.69, 9.17) is 4.74 Å². The highest BCUT2D eigenvalue weighted by Crippen LogP contribution is 2.20. The van der Waals surface area contributed by atoms with Crippen LogP contribution in [0.15, 0.2) is 60.9 Å². The first-order valence-electron chi connectivity index (χ1n) is 11.5. The van der Waals surface area contributed by atoms with Crippen LogP contribution < -0.4 is 15.5 Å². The molecule has 0 unspecified atom stereocenters. The van der Waals surface area contributed by atoms with Gasteiger partial charge in [-0.25, -0.2) is 9.37 Å². The lowest BCUT2D eigenvalue weighted by Gasteiger charge is -2.33. The predicted octanol–water partition coefficient (Wildman–Crippen LogP) is 3.06. The molecule has 0 radical (unpaired) electrons. The lowest BCUT2D eigenvalue weighted by atomic mass is 10.0. The van der Waals surface area contributed by atoms with E-state index < -0.39 is 0 Å². The third kappa shape index (κ3) is 6.39. The van der Waals surface area contributed by atoms with Crippen LogP contribution in [-0.4, -0.2) is 61.2 Å². The van der Waals surface area contributed by atoms with Crippen molar-refractivity contribution in [3.63, 3.8) is 0 Å². The Bertz CT molecular complexity index is 1150. The van der Waals surface area contributed by atoms with E-state index in [0.717, 1.165) is 31.7 Å². The monoisotopic (exact) mass is 477 g/mol. The van der Waals surface area contributed by atoms with Crippen molar-refractivity contribution in [1.29, 1.82) is 0 Å². The number of hydrogen-bond acceptors (Lipinski definition) is 6. The Morgan fingerprint density at radius 2 is 1.77 bits per heavy atom. The molecule has 0 bridgehead atoms. The molecule has 8 nitrogen and oxygen atoms in total. The minimum Gasteiger partial charge on any atom is -0.383 e. The van der Waals surface area contributed by atoms with Crippen LogP contribution in [0.5, 0.6) is 0 Å². The van der Waals surface area contributed by atoms with E-state index in [1.807, 2.05) is 6.07 Å². The van der Waals surface area contributed by atoms with Crippen molar-refractivity contribution >= 4 is 17.6 Å². The molecule has 1 saturated heterocycles. The number of carbonyl (C=O) groups is 2. The molecule has 1 aliphatic rings. The van der Waals surface area contributed by atoms with E-state index in [9.17, 15) is 14.0 Å². The summed E-state index contributed by atoms with van der Waals surface area (Å²) >= 11 is 0. The van der Waals surface area contributed by atoms with Crippen LogP contribution in [0.1, 0.15) is 33.6 Å². The minimum absolute atomic E-state index is 0.0486. The molecule has 0 spiro atoms. The van der Waals surface area contributed by atoms with Gasteiger partial charge in [0.05, 0.1) is 23.4 Å². The van der Waals surface area contributed by atoms with Gasteiger partial charge in [-0.05, 0) is 49.2 Å². The van der Waals surface area contributed by atoms with Crippen molar-refractivity contribution in [2.45, 2.75) is 18.9 Å². The average Bonchev–Trinajstić information content (AvgIpc) is 2.89. The molecular weight excluding hydrogens is 449 g/mol. The number of amides is 2. The molecule has 1 fully saturated rings. The fourth-order valence-electron chi connectivity index (χ4n) is 3.94. The first-order chi connectivity index (χ1) is 17.0. The molecule has 4 rings (SSSR count). The van der Waals surface area contributed by atoms with Gasteiger partial charge in [0, 0.05) is 50.7 Å². The standard InChI is InChI=1S/C26H28FN5O3/c1-35-14-11-28-25(33)19-6-8-24(30-17-19)32-12-9-22(10-13-32)31-26(34)20-5-7-23(29-16-20)18-3-2-4-21(27)15-18/h2-8,15-17,22H,9-14H2,1H3,(H,28,33)(H,31,34). The lowest BCUT2D eigenvalue weighted by Crippen LogP contribution is -2.45. The summed E-state index contributed by atoms with van der Waals surface area (Å²) in [6.07, 6.45) is 4.65. The maximum atomic E-state index is 13.4. The number of methoxy groups -OCH3 is 1. The third-order valence-corrected chi connectivity index (χ3v) is 5.90. The molecule has 1 aromatic carbocycles. The summed E-state index contributed by atoms with van der Waals surface area (Å²) in [6, 6.07) is 13.3. The SMILES string of the molecule is COCCNC(=O)c1ccc(N2CCC(NC(=O)c3ccc(-c4cccc(F)c4)nc3)CC2)nc1. The number of hydrogen-bond donors (Lipinski definition) is 2. The van der Waals surface area contributed by atoms with Gasteiger partial charge in [0.25, 0.3) is 11.8 Å². The van der Waals surface area contributed by atoms with Crippen molar-refractivity contribution in [1.82, 2.24) is 20.6 Å². The molecule has 3 aromatic rings. The minimum atomic E-state index is -0.327. The Kier molecular flexibility index (Phi) is 7.99. The molecule has 3 heterocycles. The van der Waals surface area contributed by atoms with Gasteiger partial charge >= 0.3 is 0 Å². The Morgan fingerprint density at radius 3 is 2.43 bits per heavy atom. The number of piperidine rings is 1. The number of ether oxygens (including phenoxy) is 1. The summed E-state index contributed by atoms with van der Waals surface area (Å²) in [5.41, 5.74) is 2.25. The molecule has 2 aromatic heterocycles. The second-order valence-electron chi connectivity index (χ2n) is 8.33. The van der Waals surface area contributed by atoms with E-state index in [2.05, 4.69) is 25.5 Å². The summed E-state index contributed by atoms with van der Waals surface area (Å²) < 4.78 is 18.4. The summed E-state index contributed by atoms with van der Waals surface area (Å²) in [7, 11) is 1.59. The van der Waals surface area contributed by atoms with Crippen LogP contribution in [0.3, 0.4) is 0 Å². The summed E-state index contributed by atoms with van der Waals surface area (Å²) in [5.74, 6) is 0.122. The van der Waals surface area contributed by atoms with Crippen molar-refractivity contribution in [2.75, 3.05) is 38.3 Å². The second-order valence-corrected chi connectivity index (χ2v) is 8.33. The van der Waals surface area contributed by atoms with E-state index in [1.54, 1.807) is 43.6 Å². The van der Waals surface area contributed by atoms with Gasteiger partial charge in [0.2, 0.25) is 0 Å². The van der Waals surface area contributed by atoms with Crippen LogP contribution in [0.2, 0.25) is 0 Å². The predicted molar refractivity (Wildman–Crippen MR) is 131 cm³/mol. The number of rotatable bonds is 8. The maximum Gasteiger partial charge on any atom is 0.253 e. The van der Waals surface area contributed by atoms with Gasteiger partial charge in [-0.2, -0.15) is 0 Å².